The molecule has 1 unspecified atom stereocenters. The van der Waals surface area contributed by atoms with Gasteiger partial charge in [0.1, 0.15) is 17.7 Å². The fourth-order valence-electron chi connectivity index (χ4n) is 5.03. The van der Waals surface area contributed by atoms with Crippen LogP contribution in [0.25, 0.3) is 0 Å². The maximum atomic E-state index is 15.1. The smallest absolute Gasteiger partial charge is 0.255 e. The van der Waals surface area contributed by atoms with Gasteiger partial charge in [0.2, 0.25) is 21.8 Å². The van der Waals surface area contributed by atoms with Crippen molar-refractivity contribution in [2.24, 2.45) is 0 Å². The highest BCUT2D eigenvalue weighted by Gasteiger charge is 2.40. The van der Waals surface area contributed by atoms with Crippen molar-refractivity contribution in [2.45, 2.75) is 37.2 Å². The molecule has 0 aliphatic carbocycles. The van der Waals surface area contributed by atoms with Crippen molar-refractivity contribution in [3.05, 3.63) is 58.7 Å². The first-order chi connectivity index (χ1) is 17.1. The summed E-state index contributed by atoms with van der Waals surface area (Å²) in [6, 6.07) is 5.46. The predicted molar refractivity (Wildman–Crippen MR) is 125 cm³/mol. The number of fused-ring (bicyclic) bond motifs is 1. The van der Waals surface area contributed by atoms with E-state index >= 15 is 4.39 Å². The maximum absolute atomic E-state index is 15.1. The number of piperazine rings is 1. The first kappa shape index (κ1) is 24.3. The molecule has 36 heavy (non-hydrogen) atoms. The number of nitrogens with zero attached hydrogens (tertiary/aromatic N) is 3. The number of carbonyl (C=O) groups excluding carboxylic acids is 3. The zero-order chi connectivity index (χ0) is 25.8. The van der Waals surface area contributed by atoms with E-state index in [1.165, 1.54) is 28.3 Å². The summed E-state index contributed by atoms with van der Waals surface area (Å²) in [6.07, 6.45) is 0.338. The SMILES string of the molecule is Cc1cc(F)ccc1S(=O)(=O)N1CCN(c2cc3c(cc2F)C(=O)N(C2CCC(=O)NC2=O)C3)CC1. The Morgan fingerprint density at radius 1 is 1.00 bits per heavy atom. The summed E-state index contributed by atoms with van der Waals surface area (Å²) in [5, 5.41) is 2.24. The van der Waals surface area contributed by atoms with Gasteiger partial charge in [-0.25, -0.2) is 17.2 Å². The monoisotopic (exact) mass is 518 g/mol. The molecule has 190 valence electrons. The van der Waals surface area contributed by atoms with Crippen molar-refractivity contribution in [3.63, 3.8) is 0 Å². The molecule has 3 heterocycles. The van der Waals surface area contributed by atoms with E-state index in [-0.39, 0.29) is 67.6 Å². The number of halogens is 2. The topological polar surface area (TPSA) is 107 Å². The number of carbonyl (C=O) groups is 3. The molecule has 0 spiro atoms. The minimum Gasteiger partial charge on any atom is -0.367 e. The molecule has 2 saturated heterocycles. The Morgan fingerprint density at radius 3 is 2.39 bits per heavy atom. The lowest BCUT2D eigenvalue weighted by Gasteiger charge is -2.35. The van der Waals surface area contributed by atoms with E-state index in [4.69, 9.17) is 0 Å². The van der Waals surface area contributed by atoms with Crippen LogP contribution in [0.15, 0.2) is 35.2 Å². The van der Waals surface area contributed by atoms with Crippen LogP contribution < -0.4 is 10.2 Å². The van der Waals surface area contributed by atoms with Gasteiger partial charge in [-0.05, 0) is 54.8 Å². The Hall–Kier alpha value is -3.38. The van der Waals surface area contributed by atoms with Crippen LogP contribution in [0.1, 0.15) is 34.3 Å². The molecule has 1 atom stereocenters. The van der Waals surface area contributed by atoms with Gasteiger partial charge in [0.15, 0.2) is 0 Å². The number of imide groups is 1. The molecular weight excluding hydrogens is 494 g/mol. The van der Waals surface area contributed by atoms with E-state index in [0.717, 1.165) is 12.1 Å². The van der Waals surface area contributed by atoms with Gasteiger partial charge in [-0.3, -0.25) is 19.7 Å². The van der Waals surface area contributed by atoms with Crippen molar-refractivity contribution in [3.8, 4) is 0 Å². The van der Waals surface area contributed by atoms with Crippen molar-refractivity contribution in [1.82, 2.24) is 14.5 Å². The summed E-state index contributed by atoms with van der Waals surface area (Å²) in [5.74, 6) is -2.52. The van der Waals surface area contributed by atoms with Crippen LogP contribution in [-0.4, -0.2) is 67.6 Å². The molecule has 1 N–H and O–H groups in total. The third-order valence-corrected chi connectivity index (χ3v) is 8.98. The number of rotatable bonds is 4. The van der Waals surface area contributed by atoms with Crippen LogP contribution in [0.2, 0.25) is 0 Å². The summed E-state index contributed by atoms with van der Waals surface area (Å²) in [7, 11) is -3.84. The summed E-state index contributed by atoms with van der Waals surface area (Å²) >= 11 is 0. The Kier molecular flexibility index (Phi) is 6.03. The van der Waals surface area contributed by atoms with E-state index < -0.39 is 39.5 Å². The number of nitrogens with one attached hydrogen (secondary N) is 1. The summed E-state index contributed by atoms with van der Waals surface area (Å²) < 4.78 is 55.9. The molecule has 2 fully saturated rings. The Labute approximate surface area is 206 Å². The fraction of sp³-hybridized carbons (Fsp3) is 0.375. The van der Waals surface area contributed by atoms with Gasteiger partial charge in [-0.1, -0.05) is 0 Å². The normalized spacial score (nSPS) is 21.1. The average Bonchev–Trinajstić information content (AvgIpc) is 3.13. The van der Waals surface area contributed by atoms with E-state index in [1.54, 1.807) is 11.0 Å². The molecule has 2 aromatic rings. The van der Waals surface area contributed by atoms with Crippen molar-refractivity contribution in [2.75, 3.05) is 31.1 Å². The molecule has 0 radical (unpaired) electrons. The molecule has 0 saturated carbocycles. The van der Waals surface area contributed by atoms with Crippen LogP contribution >= 0.6 is 0 Å². The number of hydrogen-bond acceptors (Lipinski definition) is 6. The Morgan fingerprint density at radius 2 is 1.72 bits per heavy atom. The number of benzene rings is 2. The number of hydrogen-bond donors (Lipinski definition) is 1. The maximum Gasteiger partial charge on any atom is 0.255 e. The summed E-state index contributed by atoms with van der Waals surface area (Å²) in [6.45, 7) is 2.31. The lowest BCUT2D eigenvalue weighted by Crippen LogP contribution is -2.52. The van der Waals surface area contributed by atoms with Crippen LogP contribution in [-0.2, 0) is 26.2 Å². The Bertz CT molecular complexity index is 1390. The highest BCUT2D eigenvalue weighted by molar-refractivity contribution is 7.89. The third-order valence-electron chi connectivity index (χ3n) is 6.93. The molecule has 3 amide bonds. The summed E-state index contributed by atoms with van der Waals surface area (Å²) in [5.41, 5.74) is 1.31. The van der Waals surface area contributed by atoms with Crippen LogP contribution in [0.5, 0.6) is 0 Å². The minimum absolute atomic E-state index is 0.0353. The number of sulfonamides is 1. The van der Waals surface area contributed by atoms with Gasteiger partial charge in [-0.15, -0.1) is 0 Å². The molecule has 2 aromatic carbocycles. The highest BCUT2D eigenvalue weighted by Crippen LogP contribution is 2.33. The quantitative estimate of drug-likeness (QED) is 0.616. The zero-order valence-electron chi connectivity index (χ0n) is 19.5. The van der Waals surface area contributed by atoms with Gasteiger partial charge < -0.3 is 9.80 Å². The van der Waals surface area contributed by atoms with Gasteiger partial charge in [0.05, 0.1) is 10.6 Å². The number of aryl methyl sites for hydroxylation is 1. The largest absolute Gasteiger partial charge is 0.367 e. The Balaban J connectivity index is 1.32. The first-order valence-corrected chi connectivity index (χ1v) is 13.0. The van der Waals surface area contributed by atoms with E-state index in [9.17, 15) is 27.2 Å². The zero-order valence-corrected chi connectivity index (χ0v) is 20.3. The van der Waals surface area contributed by atoms with Crippen LogP contribution in [0.4, 0.5) is 14.5 Å². The van der Waals surface area contributed by atoms with Gasteiger partial charge >= 0.3 is 0 Å². The molecule has 3 aliphatic heterocycles. The second-order valence-corrected chi connectivity index (χ2v) is 11.1. The molecule has 5 rings (SSSR count). The number of amides is 3. The van der Waals surface area contributed by atoms with Crippen molar-refractivity contribution < 1.29 is 31.6 Å². The highest BCUT2D eigenvalue weighted by atomic mass is 32.2. The van der Waals surface area contributed by atoms with Gasteiger partial charge in [-0.2, -0.15) is 4.31 Å². The van der Waals surface area contributed by atoms with E-state index in [0.29, 0.717) is 11.1 Å². The van der Waals surface area contributed by atoms with Crippen LogP contribution in [0, 0.1) is 18.6 Å². The fourth-order valence-corrected chi connectivity index (χ4v) is 6.66. The van der Waals surface area contributed by atoms with E-state index in [1.807, 2.05) is 0 Å². The lowest BCUT2D eigenvalue weighted by molar-refractivity contribution is -0.136. The predicted octanol–water partition coefficient (Wildman–Crippen LogP) is 1.55. The molecule has 9 nitrogen and oxygen atoms in total. The van der Waals surface area contributed by atoms with Crippen molar-refractivity contribution in [1.29, 1.82) is 0 Å². The average molecular weight is 519 g/mol. The number of anilines is 1. The van der Waals surface area contributed by atoms with E-state index in [2.05, 4.69) is 5.32 Å². The lowest BCUT2D eigenvalue weighted by atomic mass is 10.0. The minimum atomic E-state index is -3.84. The standard InChI is InChI=1S/C24H24F2N4O5S/c1-14-10-16(25)2-4-21(14)36(34,35)29-8-6-28(7-9-29)20-11-15-13-30(24(33)17(15)12-18(20)26)19-3-5-22(31)27-23(19)32/h2,4,10-12,19H,3,5-9,13H2,1H3,(H,27,31,32). The summed E-state index contributed by atoms with van der Waals surface area (Å²) in [4.78, 5) is 39.7. The molecule has 3 aliphatic rings. The second kappa shape index (κ2) is 8.93. The molecular formula is C24H24F2N4O5S. The second-order valence-electron chi connectivity index (χ2n) is 9.16. The third kappa shape index (κ3) is 4.13. The van der Waals surface area contributed by atoms with Crippen LogP contribution in [0.3, 0.4) is 0 Å². The van der Waals surface area contributed by atoms with Gasteiger partial charge in [0, 0.05) is 44.7 Å². The number of piperidine rings is 1. The molecule has 0 bridgehead atoms. The van der Waals surface area contributed by atoms with Gasteiger partial charge in [0.25, 0.3) is 5.91 Å². The first-order valence-electron chi connectivity index (χ1n) is 11.5. The van der Waals surface area contributed by atoms with Crippen molar-refractivity contribution >= 4 is 33.4 Å². The molecule has 0 aromatic heterocycles. The molecule has 12 heteroatoms.